The quantitative estimate of drug-likeness (QED) is 0.699. The summed E-state index contributed by atoms with van der Waals surface area (Å²) in [5.41, 5.74) is 1.03. The van der Waals surface area contributed by atoms with Crippen molar-refractivity contribution in [3.8, 4) is 0 Å². The molecule has 0 aliphatic carbocycles. The van der Waals surface area contributed by atoms with E-state index in [1.54, 1.807) is 38.1 Å². The molecule has 0 radical (unpaired) electrons. The van der Waals surface area contributed by atoms with Gasteiger partial charge >= 0.3 is 0 Å². The number of anilines is 3. The first kappa shape index (κ1) is 17.2. The SMILES string of the molecule is Cc1cc(Nc2ccc(NS(=O)(=O)c3ccc(Cl)c(C)c3)cn2)no1. The zero-order valence-electron chi connectivity index (χ0n) is 13.4. The molecule has 0 unspecified atom stereocenters. The Hall–Kier alpha value is -2.58. The van der Waals surface area contributed by atoms with Crippen LogP contribution in [0.1, 0.15) is 11.3 Å². The second kappa shape index (κ2) is 6.73. The lowest BCUT2D eigenvalue weighted by Gasteiger charge is -2.09. The smallest absolute Gasteiger partial charge is 0.261 e. The number of aryl methyl sites for hydroxylation is 2. The monoisotopic (exact) mass is 378 g/mol. The van der Waals surface area contributed by atoms with Crippen LogP contribution in [0.5, 0.6) is 0 Å². The van der Waals surface area contributed by atoms with E-state index in [2.05, 4.69) is 20.2 Å². The van der Waals surface area contributed by atoms with Crippen LogP contribution in [0, 0.1) is 13.8 Å². The average Bonchev–Trinajstić information content (AvgIpc) is 2.96. The molecule has 25 heavy (non-hydrogen) atoms. The second-order valence-corrected chi connectivity index (χ2v) is 7.49. The lowest BCUT2D eigenvalue weighted by atomic mass is 10.2. The zero-order valence-corrected chi connectivity index (χ0v) is 15.0. The molecule has 0 amide bonds. The lowest BCUT2D eigenvalue weighted by molar-refractivity contribution is 0.400. The summed E-state index contributed by atoms with van der Waals surface area (Å²) in [5.74, 6) is 1.71. The van der Waals surface area contributed by atoms with Crippen molar-refractivity contribution in [2.45, 2.75) is 18.7 Å². The number of hydrogen-bond donors (Lipinski definition) is 2. The first-order valence-electron chi connectivity index (χ1n) is 7.29. The zero-order chi connectivity index (χ0) is 18.0. The van der Waals surface area contributed by atoms with Crippen LogP contribution in [0.2, 0.25) is 5.02 Å². The van der Waals surface area contributed by atoms with Crippen molar-refractivity contribution in [2.24, 2.45) is 0 Å². The maximum absolute atomic E-state index is 12.4. The highest BCUT2D eigenvalue weighted by Gasteiger charge is 2.15. The fourth-order valence-corrected chi connectivity index (χ4v) is 3.33. The van der Waals surface area contributed by atoms with E-state index >= 15 is 0 Å². The highest BCUT2D eigenvalue weighted by atomic mass is 35.5. The first-order chi connectivity index (χ1) is 11.8. The van der Waals surface area contributed by atoms with Crippen molar-refractivity contribution in [1.29, 1.82) is 0 Å². The number of hydrogen-bond acceptors (Lipinski definition) is 6. The van der Waals surface area contributed by atoms with Crippen molar-refractivity contribution >= 4 is 38.9 Å². The molecule has 2 heterocycles. The molecule has 0 aliphatic heterocycles. The van der Waals surface area contributed by atoms with E-state index in [1.807, 2.05) is 0 Å². The number of benzene rings is 1. The molecule has 0 spiro atoms. The van der Waals surface area contributed by atoms with Gasteiger partial charge in [0.1, 0.15) is 11.6 Å². The van der Waals surface area contributed by atoms with Crippen LogP contribution in [0.25, 0.3) is 0 Å². The molecule has 1 aromatic carbocycles. The van der Waals surface area contributed by atoms with E-state index in [-0.39, 0.29) is 4.90 Å². The van der Waals surface area contributed by atoms with Gasteiger partial charge in [0.15, 0.2) is 5.82 Å². The average molecular weight is 379 g/mol. The summed E-state index contributed by atoms with van der Waals surface area (Å²) in [4.78, 5) is 4.29. The van der Waals surface area contributed by atoms with Gasteiger partial charge in [-0.1, -0.05) is 16.8 Å². The van der Waals surface area contributed by atoms with Crippen LogP contribution in [-0.2, 0) is 10.0 Å². The van der Waals surface area contributed by atoms with Crippen molar-refractivity contribution in [3.63, 3.8) is 0 Å². The van der Waals surface area contributed by atoms with Gasteiger partial charge in [-0.25, -0.2) is 13.4 Å². The van der Waals surface area contributed by atoms with Gasteiger partial charge in [-0.3, -0.25) is 4.72 Å². The molecule has 0 aliphatic rings. The van der Waals surface area contributed by atoms with Crippen LogP contribution in [0.15, 0.2) is 52.0 Å². The summed E-state index contributed by atoms with van der Waals surface area (Å²) in [5, 5.41) is 7.26. The highest BCUT2D eigenvalue weighted by molar-refractivity contribution is 7.92. The van der Waals surface area contributed by atoms with Crippen molar-refractivity contribution in [2.75, 3.05) is 10.0 Å². The normalized spacial score (nSPS) is 11.3. The standard InChI is InChI=1S/C16H15ClN4O3S/c1-10-7-13(4-5-14(10)17)25(22,23)21-12-3-6-15(18-9-12)19-16-8-11(2)24-20-16/h3-9,21H,1-2H3,(H,18,19,20). The van der Waals surface area contributed by atoms with Crippen molar-refractivity contribution < 1.29 is 12.9 Å². The second-order valence-electron chi connectivity index (χ2n) is 5.40. The van der Waals surface area contributed by atoms with Gasteiger partial charge in [0.2, 0.25) is 0 Å². The third-order valence-corrected chi connectivity index (χ3v) is 5.14. The van der Waals surface area contributed by atoms with E-state index in [4.69, 9.17) is 16.1 Å². The Balaban J connectivity index is 1.74. The van der Waals surface area contributed by atoms with E-state index in [9.17, 15) is 8.42 Å². The predicted molar refractivity (Wildman–Crippen MR) is 95.8 cm³/mol. The van der Waals surface area contributed by atoms with Gasteiger partial charge in [-0.15, -0.1) is 0 Å². The summed E-state index contributed by atoms with van der Waals surface area (Å²) in [7, 11) is -3.72. The van der Waals surface area contributed by atoms with Gasteiger partial charge < -0.3 is 9.84 Å². The summed E-state index contributed by atoms with van der Waals surface area (Å²) in [6.07, 6.45) is 1.41. The number of rotatable bonds is 5. The highest BCUT2D eigenvalue weighted by Crippen LogP contribution is 2.22. The van der Waals surface area contributed by atoms with Gasteiger partial charge in [-0.2, -0.15) is 0 Å². The van der Waals surface area contributed by atoms with Crippen molar-refractivity contribution in [1.82, 2.24) is 10.1 Å². The van der Waals surface area contributed by atoms with E-state index in [0.29, 0.717) is 33.7 Å². The Morgan fingerprint density at radius 1 is 1.08 bits per heavy atom. The Morgan fingerprint density at radius 2 is 1.88 bits per heavy atom. The molecule has 2 aromatic heterocycles. The molecular formula is C16H15ClN4O3S. The van der Waals surface area contributed by atoms with E-state index in [0.717, 1.165) is 0 Å². The number of halogens is 1. The molecule has 3 rings (SSSR count). The lowest BCUT2D eigenvalue weighted by Crippen LogP contribution is -2.13. The molecular weight excluding hydrogens is 364 g/mol. The minimum Gasteiger partial charge on any atom is -0.360 e. The largest absolute Gasteiger partial charge is 0.360 e. The van der Waals surface area contributed by atoms with E-state index < -0.39 is 10.0 Å². The molecule has 130 valence electrons. The van der Waals surface area contributed by atoms with Gasteiger partial charge in [-0.05, 0) is 49.7 Å². The molecule has 0 bridgehead atoms. The Kier molecular flexibility index (Phi) is 4.65. The van der Waals surface area contributed by atoms with Gasteiger partial charge in [0.05, 0.1) is 16.8 Å². The number of aromatic nitrogens is 2. The summed E-state index contributed by atoms with van der Waals surface area (Å²) in [6, 6.07) is 9.48. The molecule has 0 saturated heterocycles. The first-order valence-corrected chi connectivity index (χ1v) is 9.15. The summed E-state index contributed by atoms with van der Waals surface area (Å²) >= 11 is 5.93. The predicted octanol–water partition coefficient (Wildman–Crippen LogP) is 3.88. The molecule has 0 atom stereocenters. The number of pyridine rings is 1. The fraction of sp³-hybridized carbons (Fsp3) is 0.125. The Morgan fingerprint density at radius 3 is 2.48 bits per heavy atom. The Bertz CT molecular complexity index is 1000. The minimum atomic E-state index is -3.72. The summed E-state index contributed by atoms with van der Waals surface area (Å²) in [6.45, 7) is 3.52. The topological polar surface area (TPSA) is 97.1 Å². The molecule has 7 nitrogen and oxygen atoms in total. The molecule has 9 heteroatoms. The molecule has 3 aromatic rings. The van der Waals surface area contributed by atoms with Gasteiger partial charge in [0, 0.05) is 11.1 Å². The Labute approximate surface area is 150 Å². The third-order valence-electron chi connectivity index (χ3n) is 3.34. The van der Waals surface area contributed by atoms with Crippen LogP contribution < -0.4 is 10.0 Å². The van der Waals surface area contributed by atoms with E-state index in [1.165, 1.54) is 18.3 Å². The molecule has 0 saturated carbocycles. The van der Waals surface area contributed by atoms with Crippen LogP contribution in [0.4, 0.5) is 17.3 Å². The summed E-state index contributed by atoms with van der Waals surface area (Å²) < 4.78 is 32.3. The number of nitrogens with zero attached hydrogens (tertiary/aromatic N) is 2. The fourth-order valence-electron chi connectivity index (χ4n) is 2.08. The van der Waals surface area contributed by atoms with Crippen LogP contribution >= 0.6 is 11.6 Å². The maximum Gasteiger partial charge on any atom is 0.261 e. The third kappa shape index (κ3) is 4.09. The van der Waals surface area contributed by atoms with Gasteiger partial charge in [0.25, 0.3) is 10.0 Å². The minimum absolute atomic E-state index is 0.134. The number of nitrogens with one attached hydrogen (secondary N) is 2. The van der Waals surface area contributed by atoms with Crippen LogP contribution in [0.3, 0.4) is 0 Å². The van der Waals surface area contributed by atoms with Crippen LogP contribution in [-0.4, -0.2) is 18.6 Å². The molecule has 2 N–H and O–H groups in total. The number of sulfonamides is 1. The van der Waals surface area contributed by atoms with Crippen molar-refractivity contribution in [3.05, 3.63) is 58.9 Å². The maximum atomic E-state index is 12.4. The molecule has 0 fully saturated rings.